The average Bonchev–Trinajstić information content (AvgIpc) is 3.03. The van der Waals surface area contributed by atoms with Gasteiger partial charge in [0.05, 0.1) is 17.5 Å². The molecule has 1 aromatic heterocycles. The molecule has 1 N–H and O–H groups in total. The molecule has 0 aliphatic carbocycles. The maximum atomic E-state index is 13.4. The fourth-order valence-electron chi connectivity index (χ4n) is 3.06. The van der Waals surface area contributed by atoms with Gasteiger partial charge in [-0.25, -0.2) is 4.68 Å². The van der Waals surface area contributed by atoms with Crippen LogP contribution in [-0.4, -0.2) is 38.9 Å². The van der Waals surface area contributed by atoms with E-state index in [0.717, 1.165) is 6.07 Å². The number of amides is 1. The second kappa shape index (κ2) is 7.06. The molecule has 3 rings (SSSR count). The van der Waals surface area contributed by atoms with Gasteiger partial charge in [-0.2, -0.15) is 13.2 Å². The number of nitrogens with zero attached hydrogens (tertiary/aromatic N) is 4. The number of carbonyl (C=O) groups excluding carboxylic acids is 1. The standard InChI is InChI=1S/C17H20F3N5O/c1-11(2)25-10-12(22-23-25)9-24-8-7-21-16(26)15(24)13-5-3-4-6-14(13)17(18,19)20/h3-6,10-11,15H,7-9H2,1-2H3,(H,21,26). The van der Waals surface area contributed by atoms with E-state index in [1.165, 1.54) is 18.2 Å². The fraction of sp³-hybridized carbons (Fsp3) is 0.471. The molecule has 2 heterocycles. The number of benzene rings is 1. The number of hydrogen-bond acceptors (Lipinski definition) is 4. The Morgan fingerprint density at radius 3 is 2.69 bits per heavy atom. The second-order valence-corrected chi connectivity index (χ2v) is 6.53. The van der Waals surface area contributed by atoms with E-state index in [-0.39, 0.29) is 18.2 Å². The van der Waals surface area contributed by atoms with Gasteiger partial charge in [0.1, 0.15) is 6.04 Å². The predicted molar refractivity (Wildman–Crippen MR) is 88.0 cm³/mol. The van der Waals surface area contributed by atoms with Crippen LogP contribution in [0.3, 0.4) is 0 Å². The lowest BCUT2D eigenvalue weighted by Crippen LogP contribution is -2.50. The van der Waals surface area contributed by atoms with E-state index in [1.807, 2.05) is 13.8 Å². The maximum absolute atomic E-state index is 13.4. The summed E-state index contributed by atoms with van der Waals surface area (Å²) in [7, 11) is 0. The van der Waals surface area contributed by atoms with Crippen molar-refractivity contribution in [2.24, 2.45) is 0 Å². The van der Waals surface area contributed by atoms with Gasteiger partial charge in [0, 0.05) is 25.7 Å². The van der Waals surface area contributed by atoms with E-state index in [2.05, 4.69) is 15.6 Å². The zero-order chi connectivity index (χ0) is 18.9. The molecule has 1 unspecified atom stereocenters. The molecule has 2 aromatic rings. The van der Waals surface area contributed by atoms with Crippen LogP contribution in [-0.2, 0) is 17.5 Å². The van der Waals surface area contributed by atoms with Gasteiger partial charge in [0.2, 0.25) is 5.91 Å². The number of carbonyl (C=O) groups is 1. The SMILES string of the molecule is CC(C)n1cc(CN2CCNC(=O)C2c2ccccc2C(F)(F)F)nn1. The van der Waals surface area contributed by atoms with Gasteiger partial charge in [0.15, 0.2) is 0 Å². The number of rotatable bonds is 4. The molecule has 0 saturated carbocycles. The molecular formula is C17H20F3N5O. The number of alkyl halides is 3. The minimum atomic E-state index is -4.53. The Morgan fingerprint density at radius 1 is 1.31 bits per heavy atom. The Morgan fingerprint density at radius 2 is 2.04 bits per heavy atom. The molecule has 1 aliphatic rings. The molecule has 0 bridgehead atoms. The highest BCUT2D eigenvalue weighted by molar-refractivity contribution is 5.84. The van der Waals surface area contributed by atoms with E-state index in [0.29, 0.717) is 18.8 Å². The molecule has 9 heteroatoms. The first-order chi connectivity index (χ1) is 12.3. The molecule has 26 heavy (non-hydrogen) atoms. The van der Waals surface area contributed by atoms with Crippen molar-refractivity contribution < 1.29 is 18.0 Å². The summed E-state index contributed by atoms with van der Waals surface area (Å²) >= 11 is 0. The normalized spacial score (nSPS) is 19.0. The van der Waals surface area contributed by atoms with E-state index < -0.39 is 23.7 Å². The molecular weight excluding hydrogens is 347 g/mol. The van der Waals surface area contributed by atoms with E-state index >= 15 is 0 Å². The highest BCUT2D eigenvalue weighted by Crippen LogP contribution is 2.37. The number of piperazine rings is 1. The van der Waals surface area contributed by atoms with Crippen molar-refractivity contribution >= 4 is 5.91 Å². The van der Waals surface area contributed by atoms with Crippen LogP contribution in [0.25, 0.3) is 0 Å². The summed E-state index contributed by atoms with van der Waals surface area (Å²) < 4.78 is 41.9. The summed E-state index contributed by atoms with van der Waals surface area (Å²) in [5.74, 6) is -0.441. The number of nitrogens with one attached hydrogen (secondary N) is 1. The van der Waals surface area contributed by atoms with Gasteiger partial charge < -0.3 is 5.32 Å². The lowest BCUT2D eigenvalue weighted by atomic mass is 9.96. The first kappa shape index (κ1) is 18.4. The smallest absolute Gasteiger partial charge is 0.353 e. The summed E-state index contributed by atoms with van der Waals surface area (Å²) in [6.45, 7) is 4.96. The monoisotopic (exact) mass is 367 g/mol. The molecule has 140 valence electrons. The first-order valence-corrected chi connectivity index (χ1v) is 8.36. The summed E-state index contributed by atoms with van der Waals surface area (Å²) in [4.78, 5) is 14.1. The van der Waals surface area contributed by atoms with Crippen LogP contribution in [0.1, 0.15) is 42.8 Å². The van der Waals surface area contributed by atoms with Gasteiger partial charge in [0.25, 0.3) is 0 Å². The van der Waals surface area contributed by atoms with Crippen LogP contribution in [0, 0.1) is 0 Å². The molecule has 0 radical (unpaired) electrons. The highest BCUT2D eigenvalue weighted by Gasteiger charge is 2.40. The lowest BCUT2D eigenvalue weighted by molar-refractivity contribution is -0.140. The van der Waals surface area contributed by atoms with E-state index in [1.54, 1.807) is 15.8 Å². The quantitative estimate of drug-likeness (QED) is 0.902. The molecule has 1 fully saturated rings. The fourth-order valence-corrected chi connectivity index (χ4v) is 3.06. The number of halogens is 3. The Balaban J connectivity index is 1.93. The van der Waals surface area contributed by atoms with Gasteiger partial charge in [-0.1, -0.05) is 23.4 Å². The third kappa shape index (κ3) is 3.72. The minimum absolute atomic E-state index is 0.0477. The summed E-state index contributed by atoms with van der Waals surface area (Å²) in [5, 5.41) is 10.7. The molecule has 1 atom stereocenters. The lowest BCUT2D eigenvalue weighted by Gasteiger charge is -2.35. The Bertz CT molecular complexity index is 787. The average molecular weight is 367 g/mol. The van der Waals surface area contributed by atoms with Gasteiger partial charge in [-0.3, -0.25) is 9.69 Å². The highest BCUT2D eigenvalue weighted by atomic mass is 19.4. The maximum Gasteiger partial charge on any atom is 0.416 e. The predicted octanol–water partition coefficient (Wildman–Crippen LogP) is 2.55. The molecule has 1 aliphatic heterocycles. The Kier molecular flexibility index (Phi) is 4.99. The molecule has 1 amide bonds. The summed E-state index contributed by atoms with van der Waals surface area (Å²) in [5.41, 5.74) is -0.228. The van der Waals surface area contributed by atoms with E-state index in [9.17, 15) is 18.0 Å². The minimum Gasteiger partial charge on any atom is -0.353 e. The van der Waals surface area contributed by atoms with Crippen LogP contribution in [0.4, 0.5) is 13.2 Å². The third-order valence-electron chi connectivity index (χ3n) is 4.32. The summed E-state index contributed by atoms with van der Waals surface area (Å²) in [6, 6.07) is 4.31. The van der Waals surface area contributed by atoms with Crippen LogP contribution in [0.5, 0.6) is 0 Å². The Hall–Kier alpha value is -2.42. The van der Waals surface area contributed by atoms with Crippen molar-refractivity contribution in [1.29, 1.82) is 0 Å². The largest absolute Gasteiger partial charge is 0.416 e. The van der Waals surface area contributed by atoms with Crippen LogP contribution >= 0.6 is 0 Å². The third-order valence-corrected chi connectivity index (χ3v) is 4.32. The Labute approximate surface area is 149 Å². The van der Waals surface area contributed by atoms with Gasteiger partial charge in [-0.05, 0) is 25.5 Å². The van der Waals surface area contributed by atoms with Crippen molar-refractivity contribution in [2.75, 3.05) is 13.1 Å². The molecule has 0 spiro atoms. The van der Waals surface area contributed by atoms with Crippen LogP contribution < -0.4 is 5.32 Å². The number of aromatic nitrogens is 3. The zero-order valence-corrected chi connectivity index (χ0v) is 14.5. The van der Waals surface area contributed by atoms with Crippen molar-refractivity contribution in [1.82, 2.24) is 25.2 Å². The number of hydrogen-bond donors (Lipinski definition) is 1. The van der Waals surface area contributed by atoms with Crippen molar-refractivity contribution in [2.45, 2.75) is 38.7 Å². The zero-order valence-electron chi connectivity index (χ0n) is 14.5. The van der Waals surface area contributed by atoms with Gasteiger partial charge in [-0.15, -0.1) is 5.10 Å². The molecule has 1 saturated heterocycles. The van der Waals surface area contributed by atoms with Crippen molar-refractivity contribution in [3.63, 3.8) is 0 Å². The second-order valence-electron chi connectivity index (χ2n) is 6.53. The van der Waals surface area contributed by atoms with Crippen molar-refractivity contribution in [3.8, 4) is 0 Å². The van der Waals surface area contributed by atoms with Crippen LogP contribution in [0.2, 0.25) is 0 Å². The van der Waals surface area contributed by atoms with Gasteiger partial charge >= 0.3 is 6.18 Å². The molecule has 1 aromatic carbocycles. The summed E-state index contributed by atoms with van der Waals surface area (Å²) in [6.07, 6.45) is -2.77. The topological polar surface area (TPSA) is 63.0 Å². The van der Waals surface area contributed by atoms with Crippen molar-refractivity contribution in [3.05, 3.63) is 47.3 Å². The molecule has 6 nitrogen and oxygen atoms in total. The first-order valence-electron chi connectivity index (χ1n) is 8.36. The van der Waals surface area contributed by atoms with E-state index in [4.69, 9.17) is 0 Å². The van der Waals surface area contributed by atoms with Crippen LogP contribution in [0.15, 0.2) is 30.5 Å².